The van der Waals surface area contributed by atoms with Crippen LogP contribution in [0.15, 0.2) is 30.3 Å². The predicted molar refractivity (Wildman–Crippen MR) is 110 cm³/mol. The number of benzene rings is 1. The number of rotatable bonds is 8. The number of nitrogens with one attached hydrogen (secondary N) is 1. The number of hydrogen-bond donors (Lipinski definition) is 1. The van der Waals surface area contributed by atoms with Crippen LogP contribution < -0.4 is 5.32 Å². The summed E-state index contributed by atoms with van der Waals surface area (Å²) in [7, 11) is -2.30. The number of amides is 1. The van der Waals surface area contributed by atoms with E-state index in [4.69, 9.17) is 4.74 Å². The van der Waals surface area contributed by atoms with Crippen LogP contribution in [-0.2, 0) is 26.0 Å². The zero-order valence-corrected chi connectivity index (χ0v) is 18.2. The largest absolute Gasteiger partial charge is 0.444 e. The third-order valence-corrected chi connectivity index (χ3v) is 6.03. The average molecular weight is 411 g/mol. The molecule has 0 aliphatic rings. The summed E-state index contributed by atoms with van der Waals surface area (Å²) in [5.41, 5.74) is 0.796. The highest BCUT2D eigenvalue weighted by atomic mass is 32.2. The molecule has 0 saturated heterocycles. The average Bonchev–Trinajstić information content (AvgIpc) is 2.58. The Morgan fingerprint density at radius 1 is 1.21 bits per heavy atom. The van der Waals surface area contributed by atoms with Crippen molar-refractivity contribution < 1.29 is 22.7 Å². The van der Waals surface area contributed by atoms with Crippen LogP contribution in [0.25, 0.3) is 4.91 Å². The molecule has 0 aliphatic heterocycles. The summed E-state index contributed by atoms with van der Waals surface area (Å²) in [6, 6.07) is 6.62. The van der Waals surface area contributed by atoms with Crippen molar-refractivity contribution in [3.05, 3.63) is 41.5 Å². The first-order chi connectivity index (χ1) is 12.9. The third kappa shape index (κ3) is 7.09. The molecule has 7 nitrogen and oxygen atoms in total. The van der Waals surface area contributed by atoms with E-state index in [-0.39, 0.29) is 10.9 Å². The molecule has 1 aromatic carbocycles. The molecule has 1 aromatic rings. The summed E-state index contributed by atoms with van der Waals surface area (Å²) in [5, 5.41) is 2.68. The number of sulfonamides is 1. The molecule has 0 saturated carbocycles. The molecule has 0 heterocycles. The predicted octanol–water partition coefficient (Wildman–Crippen LogP) is 2.96. The summed E-state index contributed by atoms with van der Waals surface area (Å²) in [6.07, 6.45) is 1.61. The molecule has 156 valence electrons. The van der Waals surface area contributed by atoms with Gasteiger partial charge in [-0.05, 0) is 58.2 Å². The number of carbonyl (C=O) groups is 2. The lowest BCUT2D eigenvalue weighted by molar-refractivity contribution is -0.104. The molecule has 0 bridgehead atoms. The van der Waals surface area contributed by atoms with E-state index in [1.165, 1.54) is 11.4 Å². The van der Waals surface area contributed by atoms with Gasteiger partial charge < -0.3 is 10.1 Å². The lowest BCUT2D eigenvalue weighted by atomic mass is 10.1. The van der Waals surface area contributed by atoms with E-state index >= 15 is 0 Å². The van der Waals surface area contributed by atoms with Crippen molar-refractivity contribution in [1.29, 1.82) is 0 Å². The molecule has 1 N–H and O–H groups in total. The Hall–Kier alpha value is -2.19. The van der Waals surface area contributed by atoms with Gasteiger partial charge in [-0.1, -0.05) is 24.3 Å². The zero-order chi connectivity index (χ0) is 21.5. The first-order valence-corrected chi connectivity index (χ1v) is 10.5. The van der Waals surface area contributed by atoms with Gasteiger partial charge in [-0.2, -0.15) is 4.31 Å². The maximum Gasteiger partial charge on any atom is 0.407 e. The second-order valence-electron chi connectivity index (χ2n) is 7.66. The summed E-state index contributed by atoms with van der Waals surface area (Å²) >= 11 is 0. The molecule has 1 rings (SSSR count). The molecular weight excluding hydrogens is 380 g/mol. The summed E-state index contributed by atoms with van der Waals surface area (Å²) in [5.74, 6) is 0. The fourth-order valence-electron chi connectivity index (χ4n) is 2.28. The lowest BCUT2D eigenvalue weighted by Gasteiger charge is -2.22. The molecule has 0 fully saturated rings. The lowest BCUT2D eigenvalue weighted by Crippen LogP contribution is -2.33. The van der Waals surface area contributed by atoms with Crippen molar-refractivity contribution in [2.45, 2.75) is 52.7 Å². The number of hydrogen-bond acceptors (Lipinski definition) is 5. The molecule has 0 unspecified atom stereocenters. The molecule has 8 heteroatoms. The van der Waals surface area contributed by atoms with Gasteiger partial charge in [0.15, 0.2) is 0 Å². The summed E-state index contributed by atoms with van der Waals surface area (Å²) in [6.45, 7) is 9.29. The van der Waals surface area contributed by atoms with Gasteiger partial charge in [0, 0.05) is 19.6 Å². The van der Waals surface area contributed by atoms with Gasteiger partial charge in [0.05, 0.1) is 4.91 Å². The number of aldehydes is 1. The van der Waals surface area contributed by atoms with E-state index in [0.29, 0.717) is 24.8 Å². The first kappa shape index (κ1) is 23.8. The molecule has 0 spiro atoms. The maximum absolute atomic E-state index is 12.7. The molecule has 0 aromatic heterocycles. The van der Waals surface area contributed by atoms with Gasteiger partial charge in [0.1, 0.15) is 11.9 Å². The Balaban J connectivity index is 2.86. The maximum atomic E-state index is 12.7. The Morgan fingerprint density at radius 2 is 1.79 bits per heavy atom. The van der Waals surface area contributed by atoms with Gasteiger partial charge in [0.25, 0.3) is 0 Å². The minimum absolute atomic E-state index is 0.0443. The van der Waals surface area contributed by atoms with Gasteiger partial charge >= 0.3 is 6.09 Å². The second-order valence-corrected chi connectivity index (χ2v) is 9.62. The van der Waals surface area contributed by atoms with Crippen molar-refractivity contribution in [3.8, 4) is 0 Å². The van der Waals surface area contributed by atoms with Crippen molar-refractivity contribution >= 4 is 27.3 Å². The summed E-state index contributed by atoms with van der Waals surface area (Å²) in [4.78, 5) is 22.6. The van der Waals surface area contributed by atoms with E-state index in [2.05, 4.69) is 5.32 Å². The Labute approximate surface area is 167 Å². The number of nitrogens with zero attached hydrogens (tertiary/aromatic N) is 1. The number of allylic oxidation sites excluding steroid dienone is 1. The minimum Gasteiger partial charge on any atom is -0.444 e. The van der Waals surface area contributed by atoms with Crippen molar-refractivity contribution in [2.24, 2.45) is 0 Å². The quantitative estimate of drug-likeness (QED) is 0.525. The third-order valence-electron chi connectivity index (χ3n) is 3.92. The Bertz CT molecular complexity index is 806. The number of carbonyl (C=O) groups excluding carboxylic acids is 2. The number of alkyl carbamates (subject to hydrolysis) is 1. The highest BCUT2D eigenvalue weighted by molar-refractivity contribution is 7.98. The normalized spacial score (nSPS) is 12.9. The Kier molecular flexibility index (Phi) is 8.38. The second kappa shape index (κ2) is 9.84. The highest BCUT2D eigenvalue weighted by Gasteiger charge is 2.26. The fraction of sp³-hybridized carbons (Fsp3) is 0.500. The summed E-state index contributed by atoms with van der Waals surface area (Å²) < 4.78 is 31.9. The van der Waals surface area contributed by atoms with Crippen LogP contribution in [0, 0.1) is 0 Å². The highest BCUT2D eigenvalue weighted by Crippen LogP contribution is 2.25. The van der Waals surface area contributed by atoms with E-state index in [1.54, 1.807) is 58.9 Å². The van der Waals surface area contributed by atoms with Gasteiger partial charge in [-0.3, -0.25) is 4.79 Å². The molecule has 1 amide bonds. The standard InChI is InChI=1S/C20H30N2O5S/c1-15(2)22(6)28(25,26)18(12-14-23)17-9-7-16(8-10-17)11-13-21-19(24)27-20(3,4)5/h7-10,12,14-15H,11,13H2,1-6H3,(H,21,24)/b18-12-. The SMILES string of the molecule is CC(C)N(C)S(=O)(=O)/C(=C\C=O)c1ccc(CCNC(=O)OC(C)(C)C)cc1. The monoisotopic (exact) mass is 410 g/mol. The topological polar surface area (TPSA) is 92.8 Å². The van der Waals surface area contributed by atoms with Crippen molar-refractivity contribution in [3.63, 3.8) is 0 Å². The number of ether oxygens (including phenoxy) is 1. The smallest absolute Gasteiger partial charge is 0.407 e. The fourth-order valence-corrected chi connectivity index (χ4v) is 3.81. The minimum atomic E-state index is -3.78. The molecule has 28 heavy (non-hydrogen) atoms. The van der Waals surface area contributed by atoms with Crippen molar-refractivity contribution in [1.82, 2.24) is 9.62 Å². The van der Waals surface area contributed by atoms with E-state index in [0.717, 1.165) is 11.6 Å². The van der Waals surface area contributed by atoms with Gasteiger partial charge in [-0.15, -0.1) is 0 Å². The van der Waals surface area contributed by atoms with Gasteiger partial charge in [-0.25, -0.2) is 13.2 Å². The molecule has 0 aliphatic carbocycles. The van der Waals surface area contributed by atoms with Crippen LogP contribution in [0.1, 0.15) is 45.7 Å². The van der Waals surface area contributed by atoms with Crippen LogP contribution in [0.2, 0.25) is 0 Å². The van der Waals surface area contributed by atoms with Gasteiger partial charge in [0.2, 0.25) is 10.0 Å². The zero-order valence-electron chi connectivity index (χ0n) is 17.4. The molecule has 0 atom stereocenters. The van der Waals surface area contributed by atoms with Crippen LogP contribution in [-0.4, -0.2) is 50.3 Å². The van der Waals surface area contributed by atoms with E-state index in [9.17, 15) is 18.0 Å². The van der Waals surface area contributed by atoms with Crippen molar-refractivity contribution in [2.75, 3.05) is 13.6 Å². The Morgan fingerprint density at radius 3 is 2.25 bits per heavy atom. The van der Waals surface area contributed by atoms with E-state index in [1.807, 2.05) is 0 Å². The van der Waals surface area contributed by atoms with E-state index < -0.39 is 21.7 Å². The van der Waals surface area contributed by atoms with Crippen LogP contribution in [0.5, 0.6) is 0 Å². The molecule has 0 radical (unpaired) electrons. The molecular formula is C20H30N2O5S. The van der Waals surface area contributed by atoms with Crippen LogP contribution in [0.3, 0.4) is 0 Å². The van der Waals surface area contributed by atoms with Crippen LogP contribution in [0.4, 0.5) is 4.79 Å². The first-order valence-electron chi connectivity index (χ1n) is 9.08. The van der Waals surface area contributed by atoms with Crippen LogP contribution >= 0.6 is 0 Å².